The number of aromatic nitrogens is 3. The van der Waals surface area contributed by atoms with Gasteiger partial charge in [-0.2, -0.15) is 5.10 Å². The number of amides is 1. The van der Waals surface area contributed by atoms with Crippen molar-refractivity contribution in [3.05, 3.63) is 84.4 Å². The molecule has 1 heterocycles. The Hall–Kier alpha value is -4.11. The van der Waals surface area contributed by atoms with E-state index in [-0.39, 0.29) is 11.7 Å². The number of carbonyl (C=O) groups excluding carboxylic acids is 1. The number of rotatable bonds is 9. The zero-order valence-electron chi connectivity index (χ0n) is 19.6. The fraction of sp³-hybridized carbons (Fsp3) is 0.154. The highest BCUT2D eigenvalue weighted by Crippen LogP contribution is 2.29. The molecule has 0 saturated heterocycles. The van der Waals surface area contributed by atoms with Crippen molar-refractivity contribution in [3.8, 4) is 28.6 Å². The summed E-state index contributed by atoms with van der Waals surface area (Å²) in [6, 6.07) is 24.9. The van der Waals surface area contributed by atoms with Crippen LogP contribution in [0.1, 0.15) is 12.5 Å². The van der Waals surface area contributed by atoms with Gasteiger partial charge in [-0.3, -0.25) is 9.36 Å². The van der Waals surface area contributed by atoms with Gasteiger partial charge >= 0.3 is 0 Å². The quantitative estimate of drug-likeness (QED) is 0.211. The highest BCUT2D eigenvalue weighted by atomic mass is 32.2. The van der Waals surface area contributed by atoms with E-state index in [0.717, 1.165) is 28.3 Å². The Morgan fingerprint density at radius 2 is 1.69 bits per heavy atom. The fourth-order valence-electron chi connectivity index (χ4n) is 3.32. The Kier molecular flexibility index (Phi) is 7.79. The summed E-state index contributed by atoms with van der Waals surface area (Å²) in [6.45, 7) is 1.83. The number of benzene rings is 3. The lowest BCUT2D eigenvalue weighted by molar-refractivity contribution is -0.118. The zero-order chi connectivity index (χ0) is 24.6. The standard InChI is InChI=1S/C26H25N5O3S/c1-18(20-8-7-11-23(16-20)34-3)27-28-24(32)17-35-26-30-29-25(19-12-14-22(33-2)15-13-19)31(26)21-9-5-4-6-10-21/h4-16H,17H2,1-3H3,(H,28,32)/b27-18+. The van der Waals surface area contributed by atoms with E-state index in [9.17, 15) is 4.79 Å². The highest BCUT2D eigenvalue weighted by Gasteiger charge is 2.17. The number of nitrogens with zero attached hydrogens (tertiary/aromatic N) is 4. The first-order chi connectivity index (χ1) is 17.1. The number of para-hydroxylation sites is 1. The predicted octanol–water partition coefficient (Wildman–Crippen LogP) is 4.58. The van der Waals surface area contributed by atoms with E-state index in [0.29, 0.717) is 16.7 Å². The molecule has 0 saturated carbocycles. The minimum Gasteiger partial charge on any atom is -0.497 e. The third-order valence-corrected chi connectivity index (χ3v) is 6.09. The van der Waals surface area contributed by atoms with E-state index in [2.05, 4.69) is 20.7 Å². The van der Waals surface area contributed by atoms with E-state index < -0.39 is 0 Å². The largest absolute Gasteiger partial charge is 0.497 e. The summed E-state index contributed by atoms with van der Waals surface area (Å²) in [5.74, 6) is 2.05. The van der Waals surface area contributed by atoms with Crippen molar-refractivity contribution in [1.82, 2.24) is 20.2 Å². The summed E-state index contributed by atoms with van der Waals surface area (Å²) in [5.41, 5.74) is 5.95. The Labute approximate surface area is 208 Å². The van der Waals surface area contributed by atoms with E-state index in [4.69, 9.17) is 9.47 Å². The number of thioether (sulfide) groups is 1. The fourth-order valence-corrected chi connectivity index (χ4v) is 4.07. The van der Waals surface area contributed by atoms with Gasteiger partial charge in [0.1, 0.15) is 11.5 Å². The maximum atomic E-state index is 12.5. The highest BCUT2D eigenvalue weighted by molar-refractivity contribution is 7.99. The van der Waals surface area contributed by atoms with Crippen LogP contribution in [0.2, 0.25) is 0 Å². The first kappa shape index (κ1) is 24.0. The Balaban J connectivity index is 1.50. The minimum atomic E-state index is -0.245. The lowest BCUT2D eigenvalue weighted by atomic mass is 10.1. The molecule has 0 atom stereocenters. The average molecular weight is 488 g/mol. The molecular weight excluding hydrogens is 462 g/mol. The molecule has 0 aliphatic carbocycles. The molecule has 0 fully saturated rings. The molecule has 35 heavy (non-hydrogen) atoms. The molecule has 0 radical (unpaired) electrons. The summed E-state index contributed by atoms with van der Waals surface area (Å²) < 4.78 is 12.4. The molecule has 4 aromatic rings. The van der Waals surface area contributed by atoms with Crippen LogP contribution in [-0.4, -0.2) is 46.4 Å². The average Bonchev–Trinajstić information content (AvgIpc) is 3.35. The van der Waals surface area contributed by atoms with Crippen LogP contribution in [0.5, 0.6) is 11.5 Å². The van der Waals surface area contributed by atoms with Gasteiger partial charge in [-0.1, -0.05) is 42.1 Å². The third-order valence-electron chi connectivity index (χ3n) is 5.16. The van der Waals surface area contributed by atoms with Crippen LogP contribution in [0, 0.1) is 0 Å². The molecule has 1 aromatic heterocycles. The van der Waals surface area contributed by atoms with Crippen molar-refractivity contribution in [2.75, 3.05) is 20.0 Å². The molecule has 1 N–H and O–H groups in total. The van der Waals surface area contributed by atoms with Gasteiger partial charge in [0.25, 0.3) is 5.91 Å². The summed E-state index contributed by atoms with van der Waals surface area (Å²) in [5, 5.41) is 13.6. The van der Waals surface area contributed by atoms with Crippen molar-refractivity contribution >= 4 is 23.4 Å². The molecule has 0 bridgehead atoms. The molecular formula is C26H25N5O3S. The molecule has 0 spiro atoms. The molecule has 9 heteroatoms. The van der Waals surface area contributed by atoms with Gasteiger partial charge in [0.05, 0.1) is 25.7 Å². The molecule has 1 amide bonds. The number of nitrogens with one attached hydrogen (secondary N) is 1. The SMILES string of the molecule is COc1ccc(-c2nnc(SCC(=O)N/N=C(\C)c3cccc(OC)c3)n2-c2ccccc2)cc1. The Bertz CT molecular complexity index is 1320. The van der Waals surface area contributed by atoms with Crippen molar-refractivity contribution in [3.63, 3.8) is 0 Å². The molecule has 0 aliphatic rings. The minimum absolute atomic E-state index is 0.127. The summed E-state index contributed by atoms with van der Waals surface area (Å²) in [7, 11) is 3.24. The van der Waals surface area contributed by atoms with E-state index >= 15 is 0 Å². The summed E-state index contributed by atoms with van der Waals surface area (Å²) in [6.07, 6.45) is 0. The Morgan fingerprint density at radius 3 is 2.40 bits per heavy atom. The first-order valence-corrected chi connectivity index (χ1v) is 11.8. The molecule has 8 nitrogen and oxygen atoms in total. The molecule has 0 aliphatic heterocycles. The number of ether oxygens (including phenoxy) is 2. The first-order valence-electron chi connectivity index (χ1n) is 10.8. The van der Waals surface area contributed by atoms with Crippen molar-refractivity contribution in [2.24, 2.45) is 5.10 Å². The van der Waals surface area contributed by atoms with Crippen molar-refractivity contribution in [1.29, 1.82) is 0 Å². The summed E-state index contributed by atoms with van der Waals surface area (Å²) >= 11 is 1.29. The van der Waals surface area contributed by atoms with Gasteiger partial charge in [0, 0.05) is 16.8 Å². The Morgan fingerprint density at radius 1 is 0.943 bits per heavy atom. The second-order valence-corrected chi connectivity index (χ2v) is 8.40. The van der Waals surface area contributed by atoms with E-state index in [1.54, 1.807) is 14.2 Å². The number of carbonyl (C=O) groups is 1. The van der Waals surface area contributed by atoms with Crippen LogP contribution in [0.15, 0.2) is 89.1 Å². The zero-order valence-corrected chi connectivity index (χ0v) is 20.5. The lowest BCUT2D eigenvalue weighted by Gasteiger charge is -2.10. The monoisotopic (exact) mass is 487 g/mol. The van der Waals surface area contributed by atoms with Crippen LogP contribution in [0.3, 0.4) is 0 Å². The molecule has 4 rings (SSSR count). The van der Waals surface area contributed by atoms with Crippen molar-refractivity contribution in [2.45, 2.75) is 12.1 Å². The molecule has 3 aromatic carbocycles. The van der Waals surface area contributed by atoms with Crippen molar-refractivity contribution < 1.29 is 14.3 Å². The van der Waals surface area contributed by atoms with Crippen LogP contribution >= 0.6 is 11.8 Å². The predicted molar refractivity (Wildman–Crippen MR) is 137 cm³/mol. The topological polar surface area (TPSA) is 90.6 Å². The number of hydrogen-bond acceptors (Lipinski definition) is 7. The van der Waals surface area contributed by atoms with Gasteiger partial charge in [-0.15, -0.1) is 10.2 Å². The normalized spacial score (nSPS) is 11.2. The molecule has 0 unspecified atom stereocenters. The van der Waals surface area contributed by atoms with E-state index in [1.807, 2.05) is 90.4 Å². The van der Waals surface area contributed by atoms with Gasteiger partial charge in [0.15, 0.2) is 11.0 Å². The van der Waals surface area contributed by atoms with Crippen LogP contribution in [0.25, 0.3) is 17.1 Å². The van der Waals surface area contributed by atoms with Gasteiger partial charge in [-0.25, -0.2) is 5.43 Å². The van der Waals surface area contributed by atoms with Crippen LogP contribution in [-0.2, 0) is 4.79 Å². The second kappa shape index (κ2) is 11.3. The summed E-state index contributed by atoms with van der Waals surface area (Å²) in [4.78, 5) is 12.5. The maximum Gasteiger partial charge on any atom is 0.250 e. The smallest absolute Gasteiger partial charge is 0.250 e. The maximum absolute atomic E-state index is 12.5. The lowest BCUT2D eigenvalue weighted by Crippen LogP contribution is -2.21. The number of hydrazone groups is 1. The van der Waals surface area contributed by atoms with Gasteiger partial charge in [0.2, 0.25) is 0 Å². The number of hydrogen-bond donors (Lipinski definition) is 1. The van der Waals surface area contributed by atoms with Crippen LogP contribution in [0.4, 0.5) is 0 Å². The second-order valence-electron chi connectivity index (χ2n) is 7.46. The van der Waals surface area contributed by atoms with Gasteiger partial charge in [-0.05, 0) is 55.5 Å². The third kappa shape index (κ3) is 5.88. The molecule has 178 valence electrons. The number of methoxy groups -OCH3 is 2. The van der Waals surface area contributed by atoms with Crippen LogP contribution < -0.4 is 14.9 Å². The van der Waals surface area contributed by atoms with E-state index in [1.165, 1.54) is 11.8 Å². The van der Waals surface area contributed by atoms with Gasteiger partial charge < -0.3 is 9.47 Å².